The lowest BCUT2D eigenvalue weighted by Gasteiger charge is -2.32. The predicted octanol–water partition coefficient (Wildman–Crippen LogP) is 2.88. The molecule has 1 N–H and O–H groups in total. The highest BCUT2D eigenvalue weighted by Gasteiger charge is 2.39. The van der Waals surface area contributed by atoms with Gasteiger partial charge in [-0.2, -0.15) is 0 Å². The first-order chi connectivity index (χ1) is 16.6. The monoisotopic (exact) mass is 470 g/mol. The Morgan fingerprint density at radius 2 is 1.68 bits per heavy atom. The van der Waals surface area contributed by atoms with Gasteiger partial charge in [-0.3, -0.25) is 14.4 Å². The van der Waals surface area contributed by atoms with E-state index in [1.54, 1.807) is 9.80 Å². The molecule has 1 aromatic carbocycles. The molecule has 8 heteroatoms. The van der Waals surface area contributed by atoms with Crippen LogP contribution in [0.3, 0.4) is 0 Å². The number of benzene rings is 1. The van der Waals surface area contributed by atoms with Crippen molar-refractivity contribution in [3.05, 3.63) is 24.3 Å². The Morgan fingerprint density at radius 3 is 2.35 bits per heavy atom. The summed E-state index contributed by atoms with van der Waals surface area (Å²) in [5, 5.41) is 2.91. The van der Waals surface area contributed by atoms with E-state index in [4.69, 9.17) is 4.74 Å². The number of nitrogens with one attached hydrogen (secondary N) is 1. The van der Waals surface area contributed by atoms with Crippen molar-refractivity contribution in [1.29, 1.82) is 0 Å². The molecular weight excluding hydrogens is 432 g/mol. The van der Waals surface area contributed by atoms with Crippen molar-refractivity contribution in [3.8, 4) is 0 Å². The standard InChI is InChI=1S/C26H38N4O4/c1-2-28(26(33)23-9-6-14-30(23)25(32)20-7-4-3-5-8-20)19-24(31)27-21-10-12-22(13-11-21)29-15-17-34-18-16-29/h10-13,20,23H,2-9,14-19H2,1H3,(H,27,31). The van der Waals surface area contributed by atoms with E-state index in [-0.39, 0.29) is 30.2 Å². The van der Waals surface area contributed by atoms with Crippen molar-refractivity contribution in [2.24, 2.45) is 5.92 Å². The van der Waals surface area contributed by atoms with Gasteiger partial charge in [-0.15, -0.1) is 0 Å². The minimum absolute atomic E-state index is 0.0114. The lowest BCUT2D eigenvalue weighted by molar-refractivity contribution is -0.147. The molecule has 3 amide bonds. The van der Waals surface area contributed by atoms with E-state index < -0.39 is 6.04 Å². The van der Waals surface area contributed by atoms with E-state index in [0.29, 0.717) is 25.2 Å². The number of hydrogen-bond donors (Lipinski definition) is 1. The van der Waals surface area contributed by atoms with Crippen LogP contribution in [0.2, 0.25) is 0 Å². The molecule has 2 heterocycles. The molecule has 0 aromatic heterocycles. The molecule has 2 saturated heterocycles. The summed E-state index contributed by atoms with van der Waals surface area (Å²) in [5.41, 5.74) is 1.82. The molecule has 3 fully saturated rings. The van der Waals surface area contributed by atoms with Gasteiger partial charge in [0.25, 0.3) is 0 Å². The zero-order valence-electron chi connectivity index (χ0n) is 20.3. The van der Waals surface area contributed by atoms with Crippen LogP contribution in [-0.4, -0.2) is 79.5 Å². The van der Waals surface area contributed by atoms with Crippen LogP contribution in [0.1, 0.15) is 51.9 Å². The minimum atomic E-state index is -0.435. The second kappa shape index (κ2) is 11.7. The lowest BCUT2D eigenvalue weighted by Crippen LogP contribution is -2.51. The molecule has 8 nitrogen and oxygen atoms in total. The maximum absolute atomic E-state index is 13.3. The van der Waals surface area contributed by atoms with E-state index in [1.165, 1.54) is 6.42 Å². The van der Waals surface area contributed by atoms with Crippen LogP contribution in [0.5, 0.6) is 0 Å². The topological polar surface area (TPSA) is 82.2 Å². The molecule has 3 aliphatic rings. The predicted molar refractivity (Wildman–Crippen MR) is 132 cm³/mol. The third kappa shape index (κ3) is 5.90. The van der Waals surface area contributed by atoms with Crippen LogP contribution in [0.15, 0.2) is 24.3 Å². The summed E-state index contributed by atoms with van der Waals surface area (Å²) in [6, 6.07) is 7.34. The van der Waals surface area contributed by atoms with Gasteiger partial charge in [0, 0.05) is 43.5 Å². The van der Waals surface area contributed by atoms with Crippen LogP contribution in [0.25, 0.3) is 0 Å². The fourth-order valence-corrected chi connectivity index (χ4v) is 5.38. The van der Waals surface area contributed by atoms with Gasteiger partial charge in [0.15, 0.2) is 0 Å². The molecule has 1 aliphatic carbocycles. The number of nitrogens with zero attached hydrogens (tertiary/aromatic N) is 3. The van der Waals surface area contributed by atoms with E-state index in [2.05, 4.69) is 10.2 Å². The van der Waals surface area contributed by atoms with Gasteiger partial charge in [-0.25, -0.2) is 0 Å². The highest BCUT2D eigenvalue weighted by molar-refractivity contribution is 5.96. The molecular formula is C26H38N4O4. The Morgan fingerprint density at radius 1 is 0.971 bits per heavy atom. The molecule has 1 unspecified atom stereocenters. The molecule has 2 aliphatic heterocycles. The molecule has 34 heavy (non-hydrogen) atoms. The second-order valence-corrected chi connectivity index (χ2v) is 9.57. The first kappa shape index (κ1) is 24.5. The average molecular weight is 471 g/mol. The summed E-state index contributed by atoms with van der Waals surface area (Å²) in [6.45, 7) is 6.12. The maximum Gasteiger partial charge on any atom is 0.245 e. The zero-order chi connectivity index (χ0) is 23.9. The molecule has 1 aromatic rings. The molecule has 0 bridgehead atoms. The molecule has 186 valence electrons. The number of hydrogen-bond acceptors (Lipinski definition) is 5. The Hall–Kier alpha value is -2.61. The van der Waals surface area contributed by atoms with Gasteiger partial charge in [0.2, 0.25) is 17.7 Å². The number of likely N-dealkylation sites (tertiary alicyclic amines) is 1. The normalized spacial score (nSPS) is 21.4. The molecule has 4 rings (SSSR count). The van der Waals surface area contributed by atoms with Gasteiger partial charge < -0.3 is 24.8 Å². The largest absolute Gasteiger partial charge is 0.378 e. The summed E-state index contributed by atoms with van der Waals surface area (Å²) >= 11 is 0. The fourth-order valence-electron chi connectivity index (χ4n) is 5.38. The van der Waals surface area contributed by atoms with Crippen molar-refractivity contribution in [3.63, 3.8) is 0 Å². The summed E-state index contributed by atoms with van der Waals surface area (Å²) in [6.07, 6.45) is 6.77. The Balaban J connectivity index is 1.32. The van der Waals surface area contributed by atoms with Crippen LogP contribution in [-0.2, 0) is 19.1 Å². The number of likely N-dealkylation sites (N-methyl/N-ethyl adjacent to an activating group) is 1. The number of carbonyl (C=O) groups is 3. The number of amides is 3. The number of morpholine rings is 1. The molecule has 0 radical (unpaired) electrons. The third-order valence-electron chi connectivity index (χ3n) is 7.33. The highest BCUT2D eigenvalue weighted by Crippen LogP contribution is 2.29. The van der Waals surface area contributed by atoms with Crippen LogP contribution in [0, 0.1) is 5.92 Å². The summed E-state index contributed by atoms with van der Waals surface area (Å²) in [7, 11) is 0. The number of anilines is 2. The maximum atomic E-state index is 13.3. The second-order valence-electron chi connectivity index (χ2n) is 9.57. The van der Waals surface area contributed by atoms with Crippen molar-refractivity contribution in [2.45, 2.75) is 57.9 Å². The minimum Gasteiger partial charge on any atom is -0.378 e. The van der Waals surface area contributed by atoms with Crippen LogP contribution < -0.4 is 10.2 Å². The Bertz CT molecular complexity index is 847. The number of ether oxygens (including phenoxy) is 1. The smallest absolute Gasteiger partial charge is 0.245 e. The summed E-state index contributed by atoms with van der Waals surface area (Å²) in [4.78, 5) is 44.8. The van der Waals surface area contributed by atoms with Crippen molar-refractivity contribution >= 4 is 29.1 Å². The van der Waals surface area contributed by atoms with Crippen LogP contribution in [0.4, 0.5) is 11.4 Å². The van der Waals surface area contributed by atoms with E-state index in [1.807, 2.05) is 31.2 Å². The third-order valence-corrected chi connectivity index (χ3v) is 7.33. The Labute approximate surface area is 202 Å². The Kier molecular flexibility index (Phi) is 8.43. The van der Waals surface area contributed by atoms with Gasteiger partial charge in [-0.05, 0) is 56.9 Å². The van der Waals surface area contributed by atoms with Crippen LogP contribution >= 0.6 is 0 Å². The van der Waals surface area contributed by atoms with Gasteiger partial charge >= 0.3 is 0 Å². The molecule has 1 atom stereocenters. The lowest BCUT2D eigenvalue weighted by atomic mass is 9.88. The van der Waals surface area contributed by atoms with Crippen molar-refractivity contribution < 1.29 is 19.1 Å². The first-order valence-electron chi connectivity index (χ1n) is 12.9. The van der Waals surface area contributed by atoms with Crippen molar-refractivity contribution in [2.75, 3.05) is 56.2 Å². The quantitative estimate of drug-likeness (QED) is 0.663. The van der Waals surface area contributed by atoms with Gasteiger partial charge in [0.05, 0.1) is 19.8 Å². The summed E-state index contributed by atoms with van der Waals surface area (Å²) in [5.74, 6) is -0.142. The first-order valence-corrected chi connectivity index (χ1v) is 12.9. The molecule has 0 spiro atoms. The van der Waals surface area contributed by atoms with Gasteiger partial charge in [-0.1, -0.05) is 19.3 Å². The highest BCUT2D eigenvalue weighted by atomic mass is 16.5. The van der Waals surface area contributed by atoms with Gasteiger partial charge in [0.1, 0.15) is 6.04 Å². The SMILES string of the molecule is CCN(CC(=O)Nc1ccc(N2CCOCC2)cc1)C(=O)C1CCCN1C(=O)C1CCCCC1. The van der Waals surface area contributed by atoms with E-state index >= 15 is 0 Å². The number of rotatable bonds is 7. The number of carbonyl (C=O) groups excluding carboxylic acids is 3. The zero-order valence-corrected chi connectivity index (χ0v) is 20.3. The average Bonchev–Trinajstić information content (AvgIpc) is 3.38. The van der Waals surface area contributed by atoms with E-state index in [0.717, 1.165) is 64.1 Å². The molecule has 1 saturated carbocycles. The summed E-state index contributed by atoms with van der Waals surface area (Å²) < 4.78 is 5.40. The fraction of sp³-hybridized carbons (Fsp3) is 0.654. The van der Waals surface area contributed by atoms with Crippen molar-refractivity contribution in [1.82, 2.24) is 9.80 Å². The van der Waals surface area contributed by atoms with E-state index in [9.17, 15) is 14.4 Å².